The van der Waals surface area contributed by atoms with Crippen molar-refractivity contribution in [3.05, 3.63) is 47.0 Å². The lowest BCUT2D eigenvalue weighted by Gasteiger charge is -2.29. The number of aromatic nitrogens is 3. The minimum Gasteiger partial charge on any atom is -0.477 e. The molecule has 1 saturated heterocycles. The van der Waals surface area contributed by atoms with Gasteiger partial charge in [-0.15, -0.1) is 0 Å². The Morgan fingerprint density at radius 1 is 1.14 bits per heavy atom. The molecule has 8 heteroatoms. The predicted octanol–water partition coefficient (Wildman–Crippen LogP) is 7.29. The first-order valence-corrected chi connectivity index (χ1v) is 12.8. The van der Waals surface area contributed by atoms with Crippen LogP contribution in [0.1, 0.15) is 63.1 Å². The van der Waals surface area contributed by atoms with Gasteiger partial charge in [0, 0.05) is 18.7 Å². The number of methoxy groups -OCH3 is 1. The van der Waals surface area contributed by atoms with E-state index in [0.29, 0.717) is 40.9 Å². The van der Waals surface area contributed by atoms with Crippen molar-refractivity contribution in [1.29, 1.82) is 0 Å². The Labute approximate surface area is 217 Å². The molecule has 0 spiro atoms. The van der Waals surface area contributed by atoms with Crippen molar-refractivity contribution in [2.45, 2.75) is 53.4 Å². The Morgan fingerprint density at radius 2 is 1.86 bits per heavy atom. The van der Waals surface area contributed by atoms with Crippen molar-refractivity contribution in [2.24, 2.45) is 0 Å². The zero-order valence-electron chi connectivity index (χ0n) is 22.3. The molecular formula is C29H34F2N4O2. The van der Waals surface area contributed by atoms with Crippen LogP contribution in [-0.2, 0) is 0 Å². The fourth-order valence-electron chi connectivity index (χ4n) is 5.06. The van der Waals surface area contributed by atoms with Gasteiger partial charge >= 0.3 is 6.01 Å². The predicted molar refractivity (Wildman–Crippen MR) is 145 cm³/mol. The van der Waals surface area contributed by atoms with Crippen LogP contribution in [0.4, 0.5) is 14.6 Å². The average Bonchev–Trinajstić information content (AvgIpc) is 2.91. The molecule has 4 rings (SSSR count). The maximum Gasteiger partial charge on any atom is 0.318 e. The minimum atomic E-state index is -0.633. The number of benzene rings is 1. The SMILES string of the molecule is C=Cc1cc(C)c(/C(CC)=C(\C)F)c(-c2nc(OCC)c3c(N4CCCCC4)nc(OC)nc3c2F)c1. The topological polar surface area (TPSA) is 60.4 Å². The summed E-state index contributed by atoms with van der Waals surface area (Å²) in [4.78, 5) is 15.8. The summed E-state index contributed by atoms with van der Waals surface area (Å²) in [5.41, 5.74) is 3.24. The van der Waals surface area contributed by atoms with Crippen LogP contribution in [0.25, 0.3) is 33.8 Å². The third-order valence-corrected chi connectivity index (χ3v) is 6.75. The quantitative estimate of drug-likeness (QED) is 0.318. The minimum absolute atomic E-state index is 0.0373. The van der Waals surface area contributed by atoms with Crippen LogP contribution < -0.4 is 14.4 Å². The van der Waals surface area contributed by atoms with E-state index in [-0.39, 0.29) is 28.9 Å². The second-order valence-electron chi connectivity index (χ2n) is 9.15. The molecule has 3 heterocycles. The standard InChI is InChI=1S/C29H34F2N4O2/c1-7-19-15-17(4)22(20(8-2)18(5)30)21(16-19)25-24(31)26-23(28(32-25)37-9-3)27(34-29(33-26)36-6)35-13-11-10-12-14-35/h7,15-16H,1,8-14H2,2-6H3/b20-18+. The van der Waals surface area contributed by atoms with Gasteiger partial charge in [0.05, 0.1) is 13.7 Å². The third kappa shape index (κ3) is 5.02. The van der Waals surface area contributed by atoms with Crippen LogP contribution in [-0.4, -0.2) is 41.8 Å². The molecule has 0 saturated carbocycles. The van der Waals surface area contributed by atoms with Gasteiger partial charge in [-0.2, -0.15) is 9.97 Å². The van der Waals surface area contributed by atoms with Crippen molar-refractivity contribution in [3.63, 3.8) is 0 Å². The molecule has 0 atom stereocenters. The van der Waals surface area contributed by atoms with Gasteiger partial charge in [0.2, 0.25) is 5.88 Å². The second kappa shape index (κ2) is 11.2. The van der Waals surface area contributed by atoms with Crippen LogP contribution >= 0.6 is 0 Å². The molecule has 0 aliphatic carbocycles. The van der Waals surface area contributed by atoms with Crippen LogP contribution in [0, 0.1) is 12.7 Å². The monoisotopic (exact) mass is 508 g/mol. The van der Waals surface area contributed by atoms with E-state index in [1.165, 1.54) is 14.0 Å². The summed E-state index contributed by atoms with van der Waals surface area (Å²) in [7, 11) is 1.46. The summed E-state index contributed by atoms with van der Waals surface area (Å²) in [6.45, 7) is 12.8. The molecule has 0 unspecified atom stereocenters. The molecule has 0 N–H and O–H groups in total. The average molecular weight is 509 g/mol. The lowest BCUT2D eigenvalue weighted by atomic mass is 9.89. The molecule has 2 aromatic heterocycles. The fourth-order valence-corrected chi connectivity index (χ4v) is 5.06. The highest BCUT2D eigenvalue weighted by atomic mass is 19.1. The number of pyridine rings is 1. The van der Waals surface area contributed by atoms with E-state index in [9.17, 15) is 4.39 Å². The summed E-state index contributed by atoms with van der Waals surface area (Å²) in [6, 6.07) is 3.76. The number of nitrogens with zero attached hydrogens (tertiary/aromatic N) is 4. The van der Waals surface area contributed by atoms with E-state index in [0.717, 1.165) is 43.5 Å². The summed E-state index contributed by atoms with van der Waals surface area (Å²) in [5, 5.41) is 0.414. The number of ether oxygens (including phenoxy) is 2. The Balaban J connectivity index is 2.12. The number of halogens is 2. The molecule has 0 amide bonds. The van der Waals surface area contributed by atoms with Crippen LogP contribution in [0.15, 0.2) is 24.5 Å². The first-order chi connectivity index (χ1) is 17.8. The number of aryl methyl sites for hydroxylation is 1. The van der Waals surface area contributed by atoms with E-state index in [1.807, 2.05) is 26.8 Å². The molecule has 1 aliphatic rings. The normalized spacial score (nSPS) is 14.5. The van der Waals surface area contributed by atoms with Gasteiger partial charge < -0.3 is 14.4 Å². The van der Waals surface area contributed by atoms with Gasteiger partial charge in [-0.1, -0.05) is 25.6 Å². The smallest absolute Gasteiger partial charge is 0.318 e. The van der Waals surface area contributed by atoms with Crippen molar-refractivity contribution >= 4 is 28.4 Å². The lowest BCUT2D eigenvalue weighted by Crippen LogP contribution is -2.30. The summed E-state index contributed by atoms with van der Waals surface area (Å²) in [6.07, 6.45) is 5.27. The molecule has 6 nitrogen and oxygen atoms in total. The van der Waals surface area contributed by atoms with Crippen LogP contribution in [0.3, 0.4) is 0 Å². The summed E-state index contributed by atoms with van der Waals surface area (Å²) in [5.74, 6) is -0.163. The van der Waals surface area contributed by atoms with Gasteiger partial charge in [-0.3, -0.25) is 0 Å². The van der Waals surface area contributed by atoms with E-state index in [2.05, 4.69) is 21.4 Å². The Morgan fingerprint density at radius 3 is 2.46 bits per heavy atom. The van der Waals surface area contributed by atoms with Gasteiger partial charge in [0.1, 0.15) is 28.2 Å². The van der Waals surface area contributed by atoms with E-state index in [4.69, 9.17) is 14.5 Å². The van der Waals surface area contributed by atoms with Crippen LogP contribution in [0.5, 0.6) is 11.9 Å². The van der Waals surface area contributed by atoms with E-state index >= 15 is 4.39 Å². The molecule has 0 bridgehead atoms. The first kappa shape index (κ1) is 26.5. The molecule has 3 aromatic rings. The number of rotatable bonds is 8. The van der Waals surface area contributed by atoms with Crippen molar-refractivity contribution in [3.8, 4) is 23.1 Å². The largest absolute Gasteiger partial charge is 0.477 e. The Kier molecular flexibility index (Phi) is 8.05. The maximum atomic E-state index is 16.5. The fraction of sp³-hybridized carbons (Fsp3) is 0.414. The van der Waals surface area contributed by atoms with Crippen molar-refractivity contribution in [2.75, 3.05) is 31.7 Å². The van der Waals surface area contributed by atoms with Gasteiger partial charge in [0.15, 0.2) is 5.82 Å². The second-order valence-corrected chi connectivity index (χ2v) is 9.15. The molecule has 1 aromatic carbocycles. The summed E-state index contributed by atoms with van der Waals surface area (Å²) >= 11 is 0. The van der Waals surface area contributed by atoms with Crippen molar-refractivity contribution < 1.29 is 18.3 Å². The molecule has 196 valence electrons. The van der Waals surface area contributed by atoms with Gasteiger partial charge in [-0.05, 0) is 74.8 Å². The Bertz CT molecular complexity index is 1360. The number of fused-ring (bicyclic) bond motifs is 1. The van der Waals surface area contributed by atoms with Crippen molar-refractivity contribution in [1.82, 2.24) is 15.0 Å². The lowest BCUT2D eigenvalue weighted by molar-refractivity contribution is 0.330. The zero-order valence-corrected chi connectivity index (χ0v) is 22.3. The van der Waals surface area contributed by atoms with E-state index in [1.54, 1.807) is 12.1 Å². The zero-order chi connectivity index (χ0) is 26.7. The Hall–Kier alpha value is -3.55. The first-order valence-electron chi connectivity index (χ1n) is 12.8. The highest BCUT2D eigenvalue weighted by molar-refractivity contribution is 5.98. The molecule has 0 radical (unpaired) electrons. The number of anilines is 1. The molecule has 1 aliphatic heterocycles. The van der Waals surface area contributed by atoms with Gasteiger partial charge in [0.25, 0.3) is 0 Å². The highest BCUT2D eigenvalue weighted by Crippen LogP contribution is 2.42. The number of piperidine rings is 1. The van der Waals surface area contributed by atoms with Crippen LogP contribution in [0.2, 0.25) is 0 Å². The molecular weight excluding hydrogens is 474 g/mol. The molecule has 1 fully saturated rings. The number of hydrogen-bond acceptors (Lipinski definition) is 6. The van der Waals surface area contributed by atoms with E-state index < -0.39 is 5.82 Å². The highest BCUT2D eigenvalue weighted by Gasteiger charge is 2.28. The number of hydrogen-bond donors (Lipinski definition) is 0. The maximum absolute atomic E-state index is 16.5. The number of allylic oxidation sites excluding steroid dienone is 2. The molecule has 37 heavy (non-hydrogen) atoms. The van der Waals surface area contributed by atoms with Gasteiger partial charge in [-0.25, -0.2) is 13.8 Å². The summed E-state index contributed by atoms with van der Waals surface area (Å²) < 4.78 is 42.6. The third-order valence-electron chi connectivity index (χ3n) is 6.75.